The van der Waals surface area contributed by atoms with Crippen molar-refractivity contribution in [1.29, 1.82) is 5.26 Å². The van der Waals surface area contributed by atoms with E-state index >= 15 is 0 Å². The lowest BCUT2D eigenvalue weighted by Gasteiger charge is -2.10. The molecule has 0 spiro atoms. The molecule has 0 radical (unpaired) electrons. The van der Waals surface area contributed by atoms with Gasteiger partial charge < -0.3 is 4.74 Å². The van der Waals surface area contributed by atoms with Crippen molar-refractivity contribution in [2.75, 3.05) is 6.61 Å². The van der Waals surface area contributed by atoms with E-state index in [-0.39, 0.29) is 16.9 Å². The number of halogens is 2. The normalized spacial score (nSPS) is 9.71. The van der Waals surface area contributed by atoms with Crippen LogP contribution in [0.3, 0.4) is 0 Å². The lowest BCUT2D eigenvalue weighted by Crippen LogP contribution is -2.44. The maximum absolute atomic E-state index is 13.2. The van der Waals surface area contributed by atoms with Crippen molar-refractivity contribution in [3.05, 3.63) is 63.9 Å². The first-order chi connectivity index (χ1) is 11.5. The number of nitriles is 1. The molecule has 0 aliphatic heterocycles. The summed E-state index contributed by atoms with van der Waals surface area (Å²) in [6.45, 7) is -0.400. The molecule has 0 bridgehead atoms. The molecule has 8 heteroatoms. The molecule has 0 aromatic heterocycles. The van der Waals surface area contributed by atoms with Crippen molar-refractivity contribution in [2.24, 2.45) is 0 Å². The Morgan fingerprint density at radius 3 is 2.71 bits per heavy atom. The molecular formula is C16H11BrFN3O3. The van der Waals surface area contributed by atoms with Crippen LogP contribution in [0.5, 0.6) is 5.75 Å². The summed E-state index contributed by atoms with van der Waals surface area (Å²) in [6.07, 6.45) is 0. The van der Waals surface area contributed by atoms with Crippen molar-refractivity contribution < 1.29 is 18.7 Å². The van der Waals surface area contributed by atoms with Crippen LogP contribution >= 0.6 is 15.9 Å². The summed E-state index contributed by atoms with van der Waals surface area (Å²) < 4.78 is 18.8. The summed E-state index contributed by atoms with van der Waals surface area (Å²) in [4.78, 5) is 23.6. The number of hydrazine groups is 1. The molecule has 122 valence electrons. The lowest BCUT2D eigenvalue weighted by molar-refractivity contribution is -0.123. The first-order valence-corrected chi connectivity index (χ1v) is 7.46. The van der Waals surface area contributed by atoms with Crippen LogP contribution in [-0.4, -0.2) is 18.4 Å². The second kappa shape index (κ2) is 8.08. The number of ether oxygens (including phenoxy) is 1. The van der Waals surface area contributed by atoms with Gasteiger partial charge in [-0.25, -0.2) is 4.39 Å². The number of carbonyl (C=O) groups is 2. The predicted octanol–water partition coefficient (Wildman–Crippen LogP) is 2.30. The fraction of sp³-hybridized carbons (Fsp3) is 0.0625. The minimum atomic E-state index is -0.688. The molecule has 24 heavy (non-hydrogen) atoms. The van der Waals surface area contributed by atoms with Gasteiger partial charge in [0, 0.05) is 4.47 Å². The topological polar surface area (TPSA) is 91.2 Å². The molecule has 0 atom stereocenters. The van der Waals surface area contributed by atoms with Gasteiger partial charge in [-0.15, -0.1) is 0 Å². The third-order valence-corrected chi connectivity index (χ3v) is 3.55. The Bertz CT molecular complexity index is 820. The molecule has 0 heterocycles. The Labute approximate surface area is 145 Å². The Morgan fingerprint density at radius 1 is 1.21 bits per heavy atom. The third kappa shape index (κ3) is 4.54. The summed E-state index contributed by atoms with van der Waals surface area (Å²) in [5.74, 6) is -1.64. The van der Waals surface area contributed by atoms with E-state index in [1.807, 2.05) is 6.07 Å². The second-order valence-corrected chi connectivity index (χ2v) is 5.38. The van der Waals surface area contributed by atoms with E-state index in [4.69, 9.17) is 10.00 Å². The fourth-order valence-corrected chi connectivity index (χ4v) is 2.16. The quantitative estimate of drug-likeness (QED) is 0.782. The number of carbonyl (C=O) groups excluding carboxylic acids is 2. The van der Waals surface area contributed by atoms with Gasteiger partial charge in [0.15, 0.2) is 6.61 Å². The summed E-state index contributed by atoms with van der Waals surface area (Å²) in [6, 6.07) is 12.0. The fourth-order valence-electron chi connectivity index (χ4n) is 1.73. The van der Waals surface area contributed by atoms with Crippen molar-refractivity contribution in [3.8, 4) is 11.8 Å². The van der Waals surface area contributed by atoms with Gasteiger partial charge in [-0.05, 0) is 46.3 Å². The van der Waals surface area contributed by atoms with Crippen molar-refractivity contribution in [3.63, 3.8) is 0 Å². The van der Waals surface area contributed by atoms with Crippen molar-refractivity contribution in [1.82, 2.24) is 10.9 Å². The average Bonchev–Trinajstić information content (AvgIpc) is 2.60. The highest BCUT2D eigenvalue weighted by Crippen LogP contribution is 2.17. The molecule has 0 saturated heterocycles. The third-order valence-electron chi connectivity index (χ3n) is 2.85. The Balaban J connectivity index is 1.88. The summed E-state index contributed by atoms with van der Waals surface area (Å²) in [5, 5.41) is 8.91. The number of nitrogens with zero attached hydrogens (tertiary/aromatic N) is 1. The molecule has 2 N–H and O–H groups in total. The Hall–Kier alpha value is -2.92. The van der Waals surface area contributed by atoms with E-state index in [2.05, 4.69) is 26.8 Å². The summed E-state index contributed by atoms with van der Waals surface area (Å²) in [5.41, 5.74) is 4.62. The first kappa shape index (κ1) is 17.4. The number of hydrogen-bond acceptors (Lipinski definition) is 4. The van der Waals surface area contributed by atoms with E-state index < -0.39 is 24.2 Å². The number of nitrogens with one attached hydrogen (secondary N) is 2. The number of para-hydroxylation sites is 1. The number of hydrogen-bond donors (Lipinski definition) is 2. The maximum Gasteiger partial charge on any atom is 0.276 e. The van der Waals surface area contributed by atoms with Gasteiger partial charge in [0.1, 0.15) is 17.6 Å². The molecule has 2 rings (SSSR count). The standard InChI is InChI=1S/C16H11BrFN3O3/c17-13-6-5-11(18)7-12(13)16(23)21-20-15(22)9-24-14-4-2-1-3-10(14)8-19/h1-7H,9H2,(H,20,22)(H,21,23). The van der Waals surface area contributed by atoms with Crippen LogP contribution in [0.15, 0.2) is 46.9 Å². The zero-order valence-electron chi connectivity index (χ0n) is 12.2. The van der Waals surface area contributed by atoms with E-state index in [0.29, 0.717) is 4.47 Å². The molecule has 0 fully saturated rings. The van der Waals surface area contributed by atoms with Gasteiger partial charge in [-0.3, -0.25) is 20.4 Å². The molecule has 0 unspecified atom stereocenters. The van der Waals surface area contributed by atoms with Gasteiger partial charge in [0.2, 0.25) is 0 Å². The highest BCUT2D eigenvalue weighted by molar-refractivity contribution is 9.10. The van der Waals surface area contributed by atoms with E-state index in [1.54, 1.807) is 24.3 Å². The van der Waals surface area contributed by atoms with Gasteiger partial charge in [-0.1, -0.05) is 12.1 Å². The van der Waals surface area contributed by atoms with Crippen LogP contribution in [-0.2, 0) is 4.79 Å². The van der Waals surface area contributed by atoms with Gasteiger partial charge in [0.25, 0.3) is 11.8 Å². The maximum atomic E-state index is 13.2. The van der Waals surface area contributed by atoms with Crippen molar-refractivity contribution in [2.45, 2.75) is 0 Å². The average molecular weight is 392 g/mol. The first-order valence-electron chi connectivity index (χ1n) is 6.67. The molecular weight excluding hydrogens is 381 g/mol. The lowest BCUT2D eigenvalue weighted by atomic mass is 10.2. The van der Waals surface area contributed by atoms with Crippen LogP contribution < -0.4 is 15.6 Å². The van der Waals surface area contributed by atoms with Crippen LogP contribution in [0.2, 0.25) is 0 Å². The highest BCUT2D eigenvalue weighted by Gasteiger charge is 2.12. The molecule has 6 nitrogen and oxygen atoms in total. The van der Waals surface area contributed by atoms with Gasteiger partial charge in [0.05, 0.1) is 11.1 Å². The number of rotatable bonds is 4. The molecule has 2 aromatic rings. The monoisotopic (exact) mass is 391 g/mol. The van der Waals surface area contributed by atoms with Gasteiger partial charge in [-0.2, -0.15) is 5.26 Å². The molecule has 2 aromatic carbocycles. The van der Waals surface area contributed by atoms with Crippen LogP contribution in [0.1, 0.15) is 15.9 Å². The molecule has 0 aliphatic rings. The molecule has 2 amide bonds. The predicted molar refractivity (Wildman–Crippen MR) is 86.4 cm³/mol. The van der Waals surface area contributed by atoms with Crippen LogP contribution in [0.25, 0.3) is 0 Å². The zero-order chi connectivity index (χ0) is 17.5. The number of amides is 2. The Kier molecular flexibility index (Phi) is 5.87. The molecule has 0 saturated carbocycles. The van der Waals surface area contributed by atoms with E-state index in [1.165, 1.54) is 12.1 Å². The molecule has 0 aliphatic carbocycles. The van der Waals surface area contributed by atoms with Crippen LogP contribution in [0.4, 0.5) is 4.39 Å². The van der Waals surface area contributed by atoms with E-state index in [0.717, 1.165) is 6.07 Å². The van der Waals surface area contributed by atoms with Gasteiger partial charge >= 0.3 is 0 Å². The minimum Gasteiger partial charge on any atom is -0.482 e. The second-order valence-electron chi connectivity index (χ2n) is 4.52. The van der Waals surface area contributed by atoms with E-state index in [9.17, 15) is 14.0 Å². The Morgan fingerprint density at radius 2 is 1.96 bits per heavy atom. The zero-order valence-corrected chi connectivity index (χ0v) is 13.8. The minimum absolute atomic E-state index is 0.0334. The summed E-state index contributed by atoms with van der Waals surface area (Å²) >= 11 is 3.12. The highest BCUT2D eigenvalue weighted by atomic mass is 79.9. The summed E-state index contributed by atoms with van der Waals surface area (Å²) in [7, 11) is 0. The number of benzene rings is 2. The largest absolute Gasteiger partial charge is 0.482 e. The van der Waals surface area contributed by atoms with Crippen molar-refractivity contribution >= 4 is 27.7 Å². The smallest absolute Gasteiger partial charge is 0.276 e. The SMILES string of the molecule is N#Cc1ccccc1OCC(=O)NNC(=O)c1cc(F)ccc1Br. The van der Waals surface area contributed by atoms with Crippen LogP contribution in [0, 0.1) is 17.1 Å².